The second kappa shape index (κ2) is 5.74. The van der Waals surface area contributed by atoms with Crippen molar-refractivity contribution < 1.29 is 4.79 Å². The van der Waals surface area contributed by atoms with Gasteiger partial charge in [-0.2, -0.15) is 17.0 Å². The van der Waals surface area contributed by atoms with Crippen LogP contribution < -0.4 is 0 Å². The molecule has 0 bridgehead atoms. The first-order chi connectivity index (χ1) is 8.33. The van der Waals surface area contributed by atoms with Gasteiger partial charge < -0.3 is 4.90 Å². The lowest BCUT2D eigenvalue weighted by atomic mass is 10.1. The zero-order valence-corrected chi connectivity index (χ0v) is 10.3. The van der Waals surface area contributed by atoms with E-state index in [-0.39, 0.29) is 18.4 Å². The topological polar surface area (TPSA) is 44.1 Å². The molecule has 1 atom stereocenters. The minimum Gasteiger partial charge on any atom is -0.333 e. The number of nitrogens with zero attached hydrogens (tertiary/aromatic N) is 2. The van der Waals surface area contributed by atoms with E-state index in [1.165, 1.54) is 0 Å². The van der Waals surface area contributed by atoms with Gasteiger partial charge in [-0.1, -0.05) is 30.3 Å². The maximum absolute atomic E-state index is 11.9. The van der Waals surface area contributed by atoms with Crippen LogP contribution in [0.1, 0.15) is 18.0 Å². The predicted octanol–water partition coefficient (Wildman–Crippen LogP) is 2.22. The van der Waals surface area contributed by atoms with Gasteiger partial charge in [-0.15, -0.1) is 0 Å². The zero-order chi connectivity index (χ0) is 12.1. The van der Waals surface area contributed by atoms with Crippen LogP contribution in [0.3, 0.4) is 0 Å². The van der Waals surface area contributed by atoms with Gasteiger partial charge in [-0.25, -0.2) is 0 Å². The van der Waals surface area contributed by atoms with Crippen LogP contribution in [0.15, 0.2) is 30.3 Å². The van der Waals surface area contributed by atoms with Crippen molar-refractivity contribution in [1.29, 1.82) is 5.26 Å². The van der Waals surface area contributed by atoms with Gasteiger partial charge in [0.2, 0.25) is 5.91 Å². The number of rotatable bonds is 2. The van der Waals surface area contributed by atoms with E-state index >= 15 is 0 Å². The molecule has 17 heavy (non-hydrogen) atoms. The summed E-state index contributed by atoms with van der Waals surface area (Å²) < 4.78 is 0. The van der Waals surface area contributed by atoms with Crippen LogP contribution in [0, 0.1) is 11.3 Å². The Kier molecular flexibility index (Phi) is 4.05. The molecule has 1 fully saturated rings. The molecule has 0 radical (unpaired) electrons. The van der Waals surface area contributed by atoms with Crippen molar-refractivity contribution in [2.75, 3.05) is 18.1 Å². The summed E-state index contributed by atoms with van der Waals surface area (Å²) in [5.74, 6) is 1.82. The summed E-state index contributed by atoms with van der Waals surface area (Å²) >= 11 is 1.86. The Hall–Kier alpha value is -1.47. The highest BCUT2D eigenvalue weighted by molar-refractivity contribution is 7.99. The molecule has 0 aliphatic carbocycles. The molecule has 0 spiro atoms. The van der Waals surface area contributed by atoms with E-state index in [1.54, 1.807) is 0 Å². The summed E-state index contributed by atoms with van der Waals surface area (Å²) in [4.78, 5) is 13.7. The fraction of sp³-hybridized carbons (Fsp3) is 0.385. The molecule has 88 valence electrons. The van der Waals surface area contributed by atoms with E-state index in [1.807, 2.05) is 53.1 Å². The summed E-state index contributed by atoms with van der Waals surface area (Å²) in [6.45, 7) is 0.741. The van der Waals surface area contributed by atoms with Crippen LogP contribution >= 0.6 is 11.8 Å². The molecule has 1 saturated heterocycles. The summed E-state index contributed by atoms with van der Waals surface area (Å²) in [7, 11) is 0. The Labute approximate surface area is 105 Å². The van der Waals surface area contributed by atoms with Crippen LogP contribution in [-0.4, -0.2) is 28.9 Å². The van der Waals surface area contributed by atoms with Crippen molar-refractivity contribution in [3.8, 4) is 6.07 Å². The molecule has 0 unspecified atom stereocenters. The van der Waals surface area contributed by atoms with E-state index < -0.39 is 0 Å². The highest BCUT2D eigenvalue weighted by Gasteiger charge is 2.27. The van der Waals surface area contributed by atoms with Crippen LogP contribution in [0.2, 0.25) is 0 Å². The fourth-order valence-corrected chi connectivity index (χ4v) is 3.11. The number of thioether (sulfide) groups is 1. The number of amides is 1. The van der Waals surface area contributed by atoms with Crippen molar-refractivity contribution in [3.05, 3.63) is 35.9 Å². The lowest BCUT2D eigenvalue weighted by molar-refractivity contribution is -0.132. The molecule has 2 rings (SSSR count). The van der Waals surface area contributed by atoms with Gasteiger partial charge in [-0.05, 0) is 5.56 Å². The number of carbonyl (C=O) groups is 1. The van der Waals surface area contributed by atoms with E-state index in [9.17, 15) is 4.79 Å². The van der Waals surface area contributed by atoms with Crippen LogP contribution in [0.5, 0.6) is 0 Å². The summed E-state index contributed by atoms with van der Waals surface area (Å²) in [6, 6.07) is 12.1. The monoisotopic (exact) mass is 246 g/mol. The SMILES string of the molecule is N#CCC(=O)N1CCSC[C@H]1c1ccccc1. The Morgan fingerprint density at radius 3 is 2.94 bits per heavy atom. The van der Waals surface area contributed by atoms with E-state index in [2.05, 4.69) is 0 Å². The second-order valence-electron chi connectivity index (χ2n) is 3.92. The first-order valence-corrected chi connectivity index (χ1v) is 6.77. The molecule has 4 heteroatoms. The maximum atomic E-state index is 11.9. The normalized spacial score (nSPS) is 19.7. The Balaban J connectivity index is 2.18. The second-order valence-corrected chi connectivity index (χ2v) is 5.07. The third kappa shape index (κ3) is 2.80. The molecule has 0 aromatic heterocycles. The van der Waals surface area contributed by atoms with Crippen molar-refractivity contribution >= 4 is 17.7 Å². The highest BCUT2D eigenvalue weighted by Crippen LogP contribution is 2.29. The Morgan fingerprint density at radius 2 is 2.24 bits per heavy atom. The lowest BCUT2D eigenvalue weighted by Gasteiger charge is -2.35. The average Bonchev–Trinajstić information content (AvgIpc) is 2.40. The first kappa shape index (κ1) is 12.0. The molecule has 1 heterocycles. The number of hydrogen-bond acceptors (Lipinski definition) is 3. The molecule has 0 N–H and O–H groups in total. The van der Waals surface area contributed by atoms with Gasteiger partial charge in [0, 0.05) is 18.1 Å². The van der Waals surface area contributed by atoms with Crippen molar-refractivity contribution in [3.63, 3.8) is 0 Å². The highest BCUT2D eigenvalue weighted by atomic mass is 32.2. The van der Waals surface area contributed by atoms with E-state index in [0.717, 1.165) is 23.6 Å². The Bertz CT molecular complexity index is 427. The maximum Gasteiger partial charge on any atom is 0.237 e. The van der Waals surface area contributed by atoms with Crippen molar-refractivity contribution in [2.24, 2.45) is 0 Å². The number of benzene rings is 1. The molecule has 1 aliphatic heterocycles. The summed E-state index contributed by atoms with van der Waals surface area (Å²) in [5.41, 5.74) is 1.16. The number of nitriles is 1. The predicted molar refractivity (Wildman–Crippen MR) is 68.5 cm³/mol. The molecule has 0 saturated carbocycles. The lowest BCUT2D eigenvalue weighted by Crippen LogP contribution is -2.40. The number of hydrogen-bond donors (Lipinski definition) is 0. The standard InChI is InChI=1S/C13H14N2OS/c14-7-6-13(16)15-8-9-17-10-12(15)11-4-2-1-3-5-11/h1-5,12H,6,8-10H2/t12-/m0/s1. The quantitative estimate of drug-likeness (QED) is 0.803. The van der Waals surface area contributed by atoms with Gasteiger partial charge >= 0.3 is 0 Å². The molecule has 1 aliphatic rings. The van der Waals surface area contributed by atoms with Gasteiger partial charge in [0.25, 0.3) is 0 Å². The minimum atomic E-state index is -0.0540. The van der Waals surface area contributed by atoms with Gasteiger partial charge in [0.05, 0.1) is 12.1 Å². The molecule has 1 aromatic carbocycles. The smallest absolute Gasteiger partial charge is 0.237 e. The molecule has 1 aromatic rings. The van der Waals surface area contributed by atoms with E-state index in [0.29, 0.717) is 0 Å². The summed E-state index contributed by atoms with van der Waals surface area (Å²) in [5, 5.41) is 8.62. The minimum absolute atomic E-state index is 0.0198. The average molecular weight is 246 g/mol. The zero-order valence-electron chi connectivity index (χ0n) is 9.50. The van der Waals surface area contributed by atoms with Gasteiger partial charge in [-0.3, -0.25) is 4.79 Å². The molecular formula is C13H14N2OS. The fourth-order valence-electron chi connectivity index (χ4n) is 2.02. The van der Waals surface area contributed by atoms with Crippen LogP contribution in [0.4, 0.5) is 0 Å². The Morgan fingerprint density at radius 1 is 1.47 bits per heavy atom. The third-order valence-electron chi connectivity index (χ3n) is 2.86. The van der Waals surface area contributed by atoms with Crippen molar-refractivity contribution in [2.45, 2.75) is 12.5 Å². The first-order valence-electron chi connectivity index (χ1n) is 5.62. The third-order valence-corrected chi connectivity index (χ3v) is 3.89. The molecular weight excluding hydrogens is 232 g/mol. The number of carbonyl (C=O) groups excluding carboxylic acids is 1. The largest absolute Gasteiger partial charge is 0.333 e. The van der Waals surface area contributed by atoms with Crippen molar-refractivity contribution in [1.82, 2.24) is 4.90 Å². The van der Waals surface area contributed by atoms with Crippen LogP contribution in [0.25, 0.3) is 0 Å². The molecule has 3 nitrogen and oxygen atoms in total. The van der Waals surface area contributed by atoms with E-state index in [4.69, 9.17) is 5.26 Å². The van der Waals surface area contributed by atoms with Gasteiger partial charge in [0.15, 0.2) is 0 Å². The van der Waals surface area contributed by atoms with Gasteiger partial charge in [0.1, 0.15) is 6.42 Å². The summed E-state index contributed by atoms with van der Waals surface area (Å²) in [6.07, 6.45) is -0.0198. The van der Waals surface area contributed by atoms with Crippen LogP contribution in [-0.2, 0) is 4.79 Å². The molecule has 1 amide bonds.